The Kier molecular flexibility index (Phi) is 6.49. The number of ether oxygens (including phenoxy) is 1. The fraction of sp³-hybridized carbons (Fsp3) is 0.667. The number of carbonyl (C=O) groups is 1. The Hall–Kier alpha value is -1.39. The summed E-state index contributed by atoms with van der Waals surface area (Å²) in [6.07, 6.45) is 5.68. The van der Waals surface area contributed by atoms with Crippen molar-refractivity contribution in [2.24, 2.45) is 11.8 Å². The van der Waals surface area contributed by atoms with Gasteiger partial charge in [-0.05, 0) is 56.2 Å². The minimum atomic E-state index is 0.367. The highest BCUT2D eigenvalue weighted by Crippen LogP contribution is 2.32. The van der Waals surface area contributed by atoms with Gasteiger partial charge in [-0.25, -0.2) is 0 Å². The van der Waals surface area contributed by atoms with E-state index in [1.165, 1.54) is 11.1 Å². The molecule has 1 saturated carbocycles. The summed E-state index contributed by atoms with van der Waals surface area (Å²) in [6.45, 7) is 4.61. The molecule has 1 aromatic rings. The summed E-state index contributed by atoms with van der Waals surface area (Å²) >= 11 is 0. The lowest BCUT2D eigenvalue weighted by atomic mass is 9.89. The smallest absolute Gasteiger partial charge is 0.225 e. The summed E-state index contributed by atoms with van der Waals surface area (Å²) in [5.74, 6) is 1.50. The second kappa shape index (κ2) is 8.81. The van der Waals surface area contributed by atoms with Crippen LogP contribution in [-0.4, -0.2) is 56.1 Å². The Balaban J connectivity index is 1.42. The van der Waals surface area contributed by atoms with Crippen LogP contribution in [0.15, 0.2) is 24.3 Å². The molecule has 138 valence electrons. The molecule has 0 unspecified atom stereocenters. The summed E-state index contributed by atoms with van der Waals surface area (Å²) in [5.41, 5.74) is 2.78. The van der Waals surface area contributed by atoms with Crippen molar-refractivity contribution in [3.8, 4) is 0 Å². The number of piperidine rings is 1. The molecule has 4 nitrogen and oxygen atoms in total. The van der Waals surface area contributed by atoms with E-state index < -0.39 is 0 Å². The van der Waals surface area contributed by atoms with Crippen LogP contribution >= 0.6 is 0 Å². The zero-order chi connectivity index (χ0) is 17.6. The van der Waals surface area contributed by atoms with Crippen LogP contribution in [-0.2, 0) is 22.5 Å². The molecule has 1 aliphatic carbocycles. The number of likely N-dealkylation sites (N-methyl/N-ethyl adjacent to an activating group) is 1. The lowest BCUT2D eigenvalue weighted by Crippen LogP contribution is -2.39. The van der Waals surface area contributed by atoms with Crippen LogP contribution in [0.25, 0.3) is 0 Å². The van der Waals surface area contributed by atoms with Gasteiger partial charge in [0.25, 0.3) is 0 Å². The van der Waals surface area contributed by atoms with Crippen molar-refractivity contribution in [2.45, 2.75) is 38.6 Å². The maximum Gasteiger partial charge on any atom is 0.225 e. The summed E-state index contributed by atoms with van der Waals surface area (Å²) in [7, 11) is 3.87. The maximum absolute atomic E-state index is 12.1. The minimum absolute atomic E-state index is 0.367. The number of nitrogens with zero attached hydrogens (tertiary/aromatic N) is 2. The van der Waals surface area contributed by atoms with Gasteiger partial charge >= 0.3 is 0 Å². The molecule has 0 bridgehead atoms. The minimum Gasteiger partial charge on any atom is -0.383 e. The highest BCUT2D eigenvalue weighted by molar-refractivity contribution is 5.81. The number of carbonyl (C=O) groups excluding carboxylic acids is 1. The van der Waals surface area contributed by atoms with E-state index in [0.29, 0.717) is 11.8 Å². The average Bonchev–Trinajstić information content (AvgIpc) is 3.47. The SMILES string of the molecule is COCCN(C)Cc1ccc(CC2CCN(C(=O)C3CC3)CC2)cc1. The van der Waals surface area contributed by atoms with Gasteiger partial charge in [0.2, 0.25) is 5.91 Å². The van der Waals surface area contributed by atoms with Crippen LogP contribution < -0.4 is 0 Å². The van der Waals surface area contributed by atoms with E-state index in [1.54, 1.807) is 7.11 Å². The van der Waals surface area contributed by atoms with E-state index in [1.807, 2.05) is 0 Å². The lowest BCUT2D eigenvalue weighted by Gasteiger charge is -2.32. The van der Waals surface area contributed by atoms with E-state index >= 15 is 0 Å². The molecular weight excluding hydrogens is 312 g/mol. The van der Waals surface area contributed by atoms with Crippen LogP contribution in [0, 0.1) is 11.8 Å². The van der Waals surface area contributed by atoms with Gasteiger partial charge in [0, 0.05) is 39.2 Å². The standard InChI is InChI=1S/C21H32N2O2/c1-22(13-14-25-2)16-19-5-3-17(4-6-19)15-18-9-11-23(12-10-18)21(24)20-7-8-20/h3-6,18,20H,7-16H2,1-2H3. The van der Waals surface area contributed by atoms with E-state index in [-0.39, 0.29) is 0 Å². The first-order valence-electron chi connectivity index (χ1n) is 9.70. The van der Waals surface area contributed by atoms with Crippen molar-refractivity contribution in [3.05, 3.63) is 35.4 Å². The topological polar surface area (TPSA) is 32.8 Å². The van der Waals surface area contributed by atoms with Crippen LogP contribution in [0.5, 0.6) is 0 Å². The molecule has 1 amide bonds. The normalized spacial score (nSPS) is 18.8. The fourth-order valence-electron chi connectivity index (χ4n) is 3.70. The number of methoxy groups -OCH3 is 1. The average molecular weight is 344 g/mol. The number of hydrogen-bond donors (Lipinski definition) is 0. The van der Waals surface area contributed by atoms with E-state index in [0.717, 1.165) is 70.8 Å². The molecule has 1 aromatic carbocycles. The molecule has 25 heavy (non-hydrogen) atoms. The third-order valence-electron chi connectivity index (χ3n) is 5.53. The van der Waals surface area contributed by atoms with Crippen LogP contribution in [0.2, 0.25) is 0 Å². The zero-order valence-electron chi connectivity index (χ0n) is 15.7. The number of amides is 1. The molecule has 0 radical (unpaired) electrons. The van der Waals surface area contributed by atoms with Gasteiger partial charge in [-0.2, -0.15) is 0 Å². The predicted octanol–water partition coefficient (Wildman–Crippen LogP) is 2.96. The first-order valence-corrected chi connectivity index (χ1v) is 9.70. The Morgan fingerprint density at radius 2 is 1.76 bits per heavy atom. The molecule has 0 spiro atoms. The number of benzene rings is 1. The van der Waals surface area contributed by atoms with Gasteiger partial charge in [-0.1, -0.05) is 24.3 Å². The molecule has 4 heteroatoms. The predicted molar refractivity (Wildman–Crippen MR) is 100 cm³/mol. The molecule has 1 saturated heterocycles. The van der Waals surface area contributed by atoms with Crippen molar-refractivity contribution in [2.75, 3.05) is 40.4 Å². The number of hydrogen-bond acceptors (Lipinski definition) is 3. The Morgan fingerprint density at radius 3 is 2.36 bits per heavy atom. The van der Waals surface area contributed by atoms with Gasteiger partial charge in [-0.3, -0.25) is 9.69 Å². The third kappa shape index (κ3) is 5.55. The molecule has 2 aliphatic rings. The third-order valence-corrected chi connectivity index (χ3v) is 5.53. The van der Waals surface area contributed by atoms with E-state index in [9.17, 15) is 4.79 Å². The zero-order valence-corrected chi connectivity index (χ0v) is 15.7. The molecule has 0 atom stereocenters. The van der Waals surface area contributed by atoms with Gasteiger partial charge < -0.3 is 9.64 Å². The summed E-state index contributed by atoms with van der Waals surface area (Å²) in [4.78, 5) is 16.5. The Labute approximate surface area is 152 Å². The molecule has 0 N–H and O–H groups in total. The maximum atomic E-state index is 12.1. The Bertz CT molecular complexity index is 546. The van der Waals surface area contributed by atoms with E-state index in [2.05, 4.69) is 41.1 Å². The van der Waals surface area contributed by atoms with Crippen molar-refractivity contribution in [1.82, 2.24) is 9.80 Å². The van der Waals surface area contributed by atoms with E-state index in [4.69, 9.17) is 4.74 Å². The van der Waals surface area contributed by atoms with Crippen LogP contribution in [0.1, 0.15) is 36.8 Å². The fourth-order valence-corrected chi connectivity index (χ4v) is 3.70. The summed E-state index contributed by atoms with van der Waals surface area (Å²) in [5, 5.41) is 0. The highest BCUT2D eigenvalue weighted by atomic mass is 16.5. The number of likely N-dealkylation sites (tertiary alicyclic amines) is 1. The van der Waals surface area contributed by atoms with Gasteiger partial charge in [-0.15, -0.1) is 0 Å². The second-order valence-corrected chi connectivity index (χ2v) is 7.79. The van der Waals surface area contributed by atoms with Crippen molar-refractivity contribution in [3.63, 3.8) is 0 Å². The van der Waals surface area contributed by atoms with Crippen molar-refractivity contribution >= 4 is 5.91 Å². The molecule has 0 aromatic heterocycles. The largest absolute Gasteiger partial charge is 0.383 e. The van der Waals surface area contributed by atoms with Gasteiger partial charge in [0.15, 0.2) is 0 Å². The molecular formula is C21H32N2O2. The summed E-state index contributed by atoms with van der Waals surface area (Å²) in [6, 6.07) is 9.07. The quantitative estimate of drug-likeness (QED) is 0.727. The van der Waals surface area contributed by atoms with Crippen molar-refractivity contribution < 1.29 is 9.53 Å². The first kappa shape index (κ1) is 18.4. The second-order valence-electron chi connectivity index (χ2n) is 7.79. The molecule has 3 rings (SSSR count). The van der Waals surface area contributed by atoms with Crippen molar-refractivity contribution in [1.29, 1.82) is 0 Å². The van der Waals surface area contributed by atoms with Gasteiger partial charge in [0.1, 0.15) is 0 Å². The van der Waals surface area contributed by atoms with Crippen LogP contribution in [0.4, 0.5) is 0 Å². The van der Waals surface area contributed by atoms with Gasteiger partial charge in [0.05, 0.1) is 6.61 Å². The number of rotatable bonds is 8. The van der Waals surface area contributed by atoms with Crippen LogP contribution in [0.3, 0.4) is 0 Å². The molecule has 2 fully saturated rings. The summed E-state index contributed by atoms with van der Waals surface area (Å²) < 4.78 is 5.13. The molecule has 1 heterocycles. The lowest BCUT2D eigenvalue weighted by molar-refractivity contribution is -0.133. The Morgan fingerprint density at radius 1 is 1.12 bits per heavy atom. The molecule has 1 aliphatic heterocycles. The highest BCUT2D eigenvalue weighted by Gasteiger charge is 2.34. The monoisotopic (exact) mass is 344 g/mol. The first-order chi connectivity index (χ1) is 12.2.